The molecule has 4 aliphatic carbocycles. The Morgan fingerprint density at radius 1 is 1.22 bits per heavy atom. The number of epoxide rings is 1. The maximum absolute atomic E-state index is 13.0. The summed E-state index contributed by atoms with van der Waals surface area (Å²) in [6, 6.07) is 0. The molecule has 3 saturated carbocycles. The van der Waals surface area contributed by atoms with Crippen LogP contribution >= 0.6 is 0 Å². The van der Waals surface area contributed by atoms with Crippen molar-refractivity contribution in [3.8, 4) is 0 Å². The Hall–Kier alpha value is -1.73. The van der Waals surface area contributed by atoms with Crippen LogP contribution in [0.5, 0.6) is 0 Å². The molecule has 0 amide bonds. The lowest BCUT2D eigenvalue weighted by Gasteiger charge is -2.58. The van der Waals surface area contributed by atoms with E-state index in [4.69, 9.17) is 14.2 Å². The second-order valence-electron chi connectivity index (χ2n) is 11.1. The molecule has 0 aromatic heterocycles. The van der Waals surface area contributed by atoms with Crippen molar-refractivity contribution in [1.29, 1.82) is 0 Å². The van der Waals surface area contributed by atoms with Crippen LogP contribution in [0.2, 0.25) is 0 Å². The van der Waals surface area contributed by atoms with E-state index in [0.29, 0.717) is 32.1 Å². The van der Waals surface area contributed by atoms with Gasteiger partial charge in [0.15, 0.2) is 5.78 Å². The summed E-state index contributed by atoms with van der Waals surface area (Å²) in [6.45, 7) is 4.31. The topological polar surface area (TPSA) is 102 Å². The van der Waals surface area contributed by atoms with E-state index in [1.54, 1.807) is 6.08 Å². The number of hydrogen-bond acceptors (Lipinski definition) is 7. The fourth-order valence-corrected chi connectivity index (χ4v) is 8.32. The van der Waals surface area contributed by atoms with Gasteiger partial charge in [0.05, 0.1) is 31.8 Å². The van der Waals surface area contributed by atoms with Gasteiger partial charge >= 0.3 is 11.9 Å². The molecule has 0 aromatic rings. The SMILES string of the molecule is COC(=O)CC[C@]1(O)CC[C@H]2[C@@H]3[C@H](C(=O)OC)CC4=CC(=O)CC[C@]4(C)C34O[C@@H]4C[C@@]21C. The molecular weight excluding hydrogens is 412 g/mol. The molecule has 1 N–H and O–H groups in total. The van der Waals surface area contributed by atoms with Crippen molar-refractivity contribution in [1.82, 2.24) is 0 Å². The lowest BCUT2D eigenvalue weighted by atomic mass is 9.43. The number of ether oxygens (including phenoxy) is 3. The van der Waals surface area contributed by atoms with Gasteiger partial charge in [0.25, 0.3) is 0 Å². The fraction of sp³-hybridized carbons (Fsp3) is 0.800. The smallest absolute Gasteiger partial charge is 0.309 e. The van der Waals surface area contributed by atoms with Crippen LogP contribution in [-0.2, 0) is 28.6 Å². The highest BCUT2D eigenvalue weighted by atomic mass is 16.6. The van der Waals surface area contributed by atoms with Crippen LogP contribution in [0.25, 0.3) is 0 Å². The number of methoxy groups -OCH3 is 2. The summed E-state index contributed by atoms with van der Waals surface area (Å²) in [5.74, 6) is -0.878. The molecule has 8 atom stereocenters. The average molecular weight is 447 g/mol. The molecule has 0 aromatic carbocycles. The Bertz CT molecular complexity index is 910. The van der Waals surface area contributed by atoms with E-state index < -0.39 is 22.5 Å². The van der Waals surface area contributed by atoms with E-state index in [9.17, 15) is 19.5 Å². The summed E-state index contributed by atoms with van der Waals surface area (Å²) >= 11 is 0. The van der Waals surface area contributed by atoms with Crippen LogP contribution in [-0.4, -0.2) is 54.4 Å². The highest BCUT2D eigenvalue weighted by molar-refractivity contribution is 5.92. The quantitative estimate of drug-likeness (QED) is 0.523. The number of fused-ring (bicyclic) bond motifs is 3. The van der Waals surface area contributed by atoms with Crippen LogP contribution in [0.1, 0.15) is 65.2 Å². The number of ketones is 1. The predicted octanol–water partition coefficient (Wildman–Crippen LogP) is 2.73. The van der Waals surface area contributed by atoms with E-state index in [1.807, 2.05) is 0 Å². The molecule has 1 unspecified atom stereocenters. The van der Waals surface area contributed by atoms with E-state index in [2.05, 4.69) is 13.8 Å². The minimum Gasteiger partial charge on any atom is -0.469 e. The number of hydrogen-bond donors (Lipinski definition) is 1. The summed E-state index contributed by atoms with van der Waals surface area (Å²) in [7, 11) is 2.78. The highest BCUT2D eigenvalue weighted by Gasteiger charge is 2.82. The molecule has 176 valence electrons. The third-order valence-corrected chi connectivity index (χ3v) is 10.2. The van der Waals surface area contributed by atoms with Gasteiger partial charge in [-0.2, -0.15) is 0 Å². The van der Waals surface area contributed by atoms with Gasteiger partial charge in [-0.15, -0.1) is 0 Å². The predicted molar refractivity (Wildman–Crippen MR) is 113 cm³/mol. The van der Waals surface area contributed by atoms with Crippen LogP contribution in [0, 0.1) is 28.6 Å². The van der Waals surface area contributed by atoms with E-state index >= 15 is 0 Å². The van der Waals surface area contributed by atoms with Crippen molar-refractivity contribution in [3.05, 3.63) is 11.6 Å². The van der Waals surface area contributed by atoms with Gasteiger partial charge in [0, 0.05) is 29.6 Å². The van der Waals surface area contributed by atoms with Gasteiger partial charge in [-0.3, -0.25) is 14.4 Å². The lowest BCUT2D eigenvalue weighted by molar-refractivity contribution is -0.163. The largest absolute Gasteiger partial charge is 0.469 e. The van der Waals surface area contributed by atoms with Gasteiger partial charge in [-0.05, 0) is 50.5 Å². The average Bonchev–Trinajstić information content (AvgIpc) is 3.43. The summed E-state index contributed by atoms with van der Waals surface area (Å²) in [4.78, 5) is 37.1. The van der Waals surface area contributed by atoms with Crippen LogP contribution < -0.4 is 0 Å². The van der Waals surface area contributed by atoms with Crippen molar-refractivity contribution >= 4 is 17.7 Å². The second-order valence-corrected chi connectivity index (χ2v) is 11.1. The third-order valence-electron chi connectivity index (χ3n) is 10.2. The standard InChI is InChI=1S/C25H34O7/c1-22-8-5-15(26)11-14(22)12-16(21(28)31-4)20-17-6-9-24(29,10-7-19(27)30-3)23(17,2)13-18-25(20,22)32-18/h11,16-18,20,29H,5-10,12-13H2,1-4H3/t16-,17+,18-,20+,22+,23+,24-,25?/m1/s1. The van der Waals surface area contributed by atoms with Gasteiger partial charge in [0.2, 0.25) is 0 Å². The van der Waals surface area contributed by atoms with Gasteiger partial charge < -0.3 is 19.3 Å². The van der Waals surface area contributed by atoms with Gasteiger partial charge in [-0.25, -0.2) is 0 Å². The van der Waals surface area contributed by atoms with E-state index in [-0.39, 0.29) is 47.5 Å². The van der Waals surface area contributed by atoms with Crippen molar-refractivity contribution in [2.24, 2.45) is 28.6 Å². The number of rotatable bonds is 4. The zero-order chi connectivity index (χ0) is 23.1. The highest BCUT2D eigenvalue weighted by Crippen LogP contribution is 2.77. The Balaban J connectivity index is 1.56. The molecule has 5 aliphatic rings. The third kappa shape index (κ3) is 2.58. The molecule has 4 fully saturated rings. The number of esters is 2. The fourth-order valence-electron chi connectivity index (χ4n) is 8.32. The van der Waals surface area contributed by atoms with Crippen molar-refractivity contribution in [2.45, 2.75) is 82.5 Å². The number of carbonyl (C=O) groups excluding carboxylic acids is 3. The molecule has 0 radical (unpaired) electrons. The molecule has 1 heterocycles. The summed E-state index contributed by atoms with van der Waals surface area (Å²) in [5.41, 5.74) is -1.23. The summed E-state index contributed by atoms with van der Waals surface area (Å²) < 4.78 is 16.6. The zero-order valence-electron chi connectivity index (χ0n) is 19.4. The molecule has 7 heteroatoms. The van der Waals surface area contributed by atoms with Crippen LogP contribution in [0.4, 0.5) is 0 Å². The zero-order valence-corrected chi connectivity index (χ0v) is 19.4. The first-order valence-electron chi connectivity index (χ1n) is 11.8. The molecule has 1 aliphatic heterocycles. The van der Waals surface area contributed by atoms with Crippen LogP contribution in [0.3, 0.4) is 0 Å². The Morgan fingerprint density at radius 2 is 1.97 bits per heavy atom. The molecule has 5 rings (SSSR count). The maximum Gasteiger partial charge on any atom is 0.309 e. The summed E-state index contributed by atoms with van der Waals surface area (Å²) in [6.07, 6.45) is 5.98. The monoisotopic (exact) mass is 446 g/mol. The number of aliphatic hydroxyl groups is 1. The minimum atomic E-state index is -1.01. The Kier molecular flexibility index (Phi) is 4.75. The molecule has 32 heavy (non-hydrogen) atoms. The molecular formula is C25H34O7. The van der Waals surface area contributed by atoms with Gasteiger partial charge in [0.1, 0.15) is 5.60 Å². The minimum absolute atomic E-state index is 0.0731. The van der Waals surface area contributed by atoms with E-state index in [1.165, 1.54) is 14.2 Å². The Morgan fingerprint density at radius 3 is 2.66 bits per heavy atom. The normalized spacial score (nSPS) is 48.5. The molecule has 7 nitrogen and oxygen atoms in total. The van der Waals surface area contributed by atoms with Crippen molar-refractivity contribution in [3.63, 3.8) is 0 Å². The van der Waals surface area contributed by atoms with Crippen LogP contribution in [0.15, 0.2) is 11.6 Å². The molecule has 0 bridgehead atoms. The Labute approximate surface area is 188 Å². The first kappa shape index (κ1) is 22.1. The molecule has 1 saturated heterocycles. The van der Waals surface area contributed by atoms with Gasteiger partial charge in [-0.1, -0.05) is 19.4 Å². The van der Waals surface area contributed by atoms with Crippen molar-refractivity contribution < 1.29 is 33.7 Å². The first-order chi connectivity index (χ1) is 15.1. The maximum atomic E-state index is 13.0. The summed E-state index contributed by atoms with van der Waals surface area (Å²) in [5, 5.41) is 11.8. The van der Waals surface area contributed by atoms with E-state index in [0.717, 1.165) is 18.4 Å². The lowest BCUT2D eigenvalue weighted by Crippen LogP contribution is -2.63. The molecule has 1 spiro atoms. The second kappa shape index (κ2) is 6.89. The first-order valence-corrected chi connectivity index (χ1v) is 11.8. The number of carbonyl (C=O) groups is 3. The van der Waals surface area contributed by atoms with Crippen molar-refractivity contribution in [2.75, 3.05) is 14.2 Å².